The normalized spacial score (nSPS) is 13.5. The van der Waals surface area contributed by atoms with Crippen molar-refractivity contribution in [1.82, 2.24) is 0 Å². The van der Waals surface area contributed by atoms with E-state index in [1.54, 1.807) is 0 Å². The molecule has 0 aliphatic heterocycles. The minimum absolute atomic E-state index is 0.0575. The number of rotatable bonds is 66. The monoisotopic (exact) mass is 1270 g/mol. The molecule has 0 aromatic carbocycles. The van der Waals surface area contributed by atoms with Crippen molar-refractivity contribution < 1.29 is 75.1 Å². The first-order valence-corrected chi connectivity index (χ1v) is 38.0. The van der Waals surface area contributed by atoms with E-state index in [0.29, 0.717) is 12.8 Å². The number of esters is 4. The van der Waals surface area contributed by atoms with Crippen molar-refractivity contribution in [3.63, 3.8) is 0 Å². The summed E-state index contributed by atoms with van der Waals surface area (Å²) >= 11 is 0. The summed E-state index contributed by atoms with van der Waals surface area (Å²) in [6.45, 7) is 7.42. The minimum Gasteiger partial charge on any atom is -0.462 e. The summed E-state index contributed by atoms with van der Waals surface area (Å²) in [5, 5.41) is 0. The molecular formula is C66H132N2O16P2. The third-order valence-corrected chi connectivity index (χ3v) is 17.0. The van der Waals surface area contributed by atoms with Crippen molar-refractivity contribution >= 4 is 39.5 Å². The van der Waals surface area contributed by atoms with Crippen LogP contribution in [0.2, 0.25) is 0 Å². The van der Waals surface area contributed by atoms with E-state index in [1.165, 1.54) is 205 Å². The Hall–Kier alpha value is -1.98. The molecule has 86 heavy (non-hydrogen) atoms. The molecule has 0 fully saturated rings. The quantitative estimate of drug-likeness (QED) is 0.0191. The average Bonchev–Trinajstić information content (AvgIpc) is 3.63. The standard InChI is InChI=1S/2C33H66NO8P/c2*1-3-5-7-9-11-13-15-17-19-21-23-25-32(35)39-29-31(30-41-43(37,38)40-28-27-34)42-33(36)26-24-22-20-18-16-14-12-10-8-6-4-2/h2*31H,3-30,34H2,1-2H3,(H,37,38)/t2*31-/m11/s1. The van der Waals surface area contributed by atoms with Crippen molar-refractivity contribution in [2.75, 3.05) is 52.7 Å². The maximum Gasteiger partial charge on any atom is 0.472 e. The predicted octanol–water partition coefficient (Wildman–Crippen LogP) is 17.9. The molecule has 0 aliphatic carbocycles. The second-order valence-electron chi connectivity index (χ2n) is 23.5. The lowest BCUT2D eigenvalue weighted by Crippen LogP contribution is -2.29. The fourth-order valence-corrected chi connectivity index (χ4v) is 11.3. The van der Waals surface area contributed by atoms with Gasteiger partial charge in [-0.15, -0.1) is 0 Å². The highest BCUT2D eigenvalue weighted by Gasteiger charge is 2.27. The van der Waals surface area contributed by atoms with Gasteiger partial charge < -0.3 is 40.2 Å². The van der Waals surface area contributed by atoms with Crippen LogP contribution in [0.3, 0.4) is 0 Å². The summed E-state index contributed by atoms with van der Waals surface area (Å²) in [5.41, 5.74) is 10.6. The van der Waals surface area contributed by atoms with Gasteiger partial charge in [0.2, 0.25) is 0 Å². The van der Waals surface area contributed by atoms with Crippen LogP contribution < -0.4 is 11.5 Å². The number of hydrogen-bond donors (Lipinski definition) is 4. The van der Waals surface area contributed by atoms with E-state index >= 15 is 0 Å². The first-order chi connectivity index (χ1) is 41.7. The molecule has 0 radical (unpaired) electrons. The highest BCUT2D eigenvalue weighted by atomic mass is 31.2. The number of unbranched alkanes of at least 4 members (excludes halogenated alkanes) is 40. The molecule has 20 heteroatoms. The second-order valence-corrected chi connectivity index (χ2v) is 26.4. The van der Waals surface area contributed by atoms with Crippen LogP contribution >= 0.6 is 15.6 Å². The smallest absolute Gasteiger partial charge is 0.462 e. The summed E-state index contributed by atoms with van der Waals surface area (Å²) < 4.78 is 65.0. The largest absolute Gasteiger partial charge is 0.472 e. The maximum absolute atomic E-state index is 12.4. The zero-order valence-electron chi connectivity index (χ0n) is 55.4. The van der Waals surface area contributed by atoms with Gasteiger partial charge in [0.05, 0.1) is 26.4 Å². The van der Waals surface area contributed by atoms with Gasteiger partial charge in [0.15, 0.2) is 12.2 Å². The molecule has 512 valence electrons. The maximum atomic E-state index is 12.4. The average molecular weight is 1270 g/mol. The minimum atomic E-state index is -4.35. The van der Waals surface area contributed by atoms with Crippen LogP contribution in [0.5, 0.6) is 0 Å². The summed E-state index contributed by atoms with van der Waals surface area (Å²) in [6, 6.07) is 0. The fraction of sp³-hybridized carbons (Fsp3) is 0.939. The molecule has 0 aliphatic rings. The highest BCUT2D eigenvalue weighted by molar-refractivity contribution is 7.47. The molecule has 0 amide bonds. The van der Waals surface area contributed by atoms with Crippen LogP contribution in [0, 0.1) is 0 Å². The first kappa shape index (κ1) is 86.1. The number of hydrogen-bond acceptors (Lipinski definition) is 16. The SMILES string of the molecule is CCCCCCCCCCCCCC(=O)OC[C@H](COP(=O)(O)OCCN)OC(=O)CCCCCCCCCCCCC.CCCCCCCCCCCCCC(=O)OC[C@H](COP(=O)(O)OCCN)OC(=O)CCCCCCCCCCCCC. The summed E-state index contributed by atoms with van der Waals surface area (Å²) in [4.78, 5) is 69.0. The number of ether oxygens (including phenoxy) is 4. The number of phosphoric acid groups is 2. The van der Waals surface area contributed by atoms with E-state index in [9.17, 15) is 38.1 Å². The van der Waals surface area contributed by atoms with E-state index in [4.69, 9.17) is 48.5 Å². The van der Waals surface area contributed by atoms with Crippen molar-refractivity contribution in [1.29, 1.82) is 0 Å². The lowest BCUT2D eigenvalue weighted by atomic mass is 10.1. The van der Waals surface area contributed by atoms with Gasteiger partial charge in [0, 0.05) is 38.8 Å². The Morgan fingerprint density at radius 3 is 0.709 bits per heavy atom. The van der Waals surface area contributed by atoms with Crippen molar-refractivity contribution in [2.24, 2.45) is 11.5 Å². The van der Waals surface area contributed by atoms with E-state index < -0.39 is 53.0 Å². The van der Waals surface area contributed by atoms with Gasteiger partial charge >= 0.3 is 39.5 Å². The Balaban J connectivity index is 0. The van der Waals surface area contributed by atoms with Crippen molar-refractivity contribution in [3.8, 4) is 0 Å². The van der Waals surface area contributed by atoms with E-state index in [-0.39, 0.29) is 77.1 Å². The molecule has 18 nitrogen and oxygen atoms in total. The van der Waals surface area contributed by atoms with Gasteiger partial charge in [-0.1, -0.05) is 285 Å². The Kier molecular flexibility index (Phi) is 66.0. The van der Waals surface area contributed by atoms with Crippen LogP contribution in [-0.4, -0.2) is 98.6 Å². The van der Waals surface area contributed by atoms with Crippen molar-refractivity contribution in [3.05, 3.63) is 0 Å². The predicted molar refractivity (Wildman–Crippen MR) is 348 cm³/mol. The number of carbonyl (C=O) groups excluding carboxylic acids is 4. The van der Waals surface area contributed by atoms with Gasteiger partial charge in [-0.3, -0.25) is 37.3 Å². The molecule has 0 aromatic heterocycles. The van der Waals surface area contributed by atoms with Gasteiger partial charge in [-0.25, -0.2) is 9.13 Å². The highest BCUT2D eigenvalue weighted by Crippen LogP contribution is 2.44. The first-order valence-electron chi connectivity index (χ1n) is 35.0. The van der Waals surface area contributed by atoms with Gasteiger partial charge in [0.1, 0.15) is 13.2 Å². The molecule has 0 spiro atoms. The molecule has 0 bridgehead atoms. The number of carbonyl (C=O) groups is 4. The Morgan fingerprint density at radius 2 is 0.500 bits per heavy atom. The molecule has 4 atom stereocenters. The number of nitrogens with two attached hydrogens (primary N) is 2. The molecular weight excluding hydrogens is 1140 g/mol. The Morgan fingerprint density at radius 1 is 0.302 bits per heavy atom. The van der Waals surface area contributed by atoms with Crippen LogP contribution in [0.1, 0.15) is 336 Å². The Bertz CT molecular complexity index is 1500. The third-order valence-electron chi connectivity index (χ3n) is 15.0. The number of phosphoric ester groups is 2. The molecule has 0 saturated heterocycles. The van der Waals surface area contributed by atoms with E-state index in [0.717, 1.165) is 64.2 Å². The van der Waals surface area contributed by atoms with E-state index in [1.807, 2.05) is 0 Å². The fourth-order valence-electron chi connectivity index (χ4n) is 9.74. The lowest BCUT2D eigenvalue weighted by Gasteiger charge is -2.19. The summed E-state index contributed by atoms with van der Waals surface area (Å²) in [5.74, 6) is -1.65. The second kappa shape index (κ2) is 66.0. The van der Waals surface area contributed by atoms with Crippen molar-refractivity contribution in [2.45, 2.75) is 348 Å². The van der Waals surface area contributed by atoms with Gasteiger partial charge in [0.25, 0.3) is 0 Å². The zero-order valence-corrected chi connectivity index (χ0v) is 57.2. The molecule has 0 rings (SSSR count). The zero-order chi connectivity index (χ0) is 63.7. The molecule has 0 heterocycles. The van der Waals surface area contributed by atoms with Crippen LogP contribution in [0.15, 0.2) is 0 Å². The van der Waals surface area contributed by atoms with Crippen LogP contribution in [-0.2, 0) is 65.4 Å². The molecule has 6 N–H and O–H groups in total. The summed E-state index contributed by atoms with van der Waals surface area (Å²) in [7, 11) is -8.71. The Labute approximate surface area is 524 Å². The topological polar surface area (TPSA) is 269 Å². The lowest BCUT2D eigenvalue weighted by molar-refractivity contribution is -0.161. The van der Waals surface area contributed by atoms with Crippen LogP contribution in [0.4, 0.5) is 0 Å². The van der Waals surface area contributed by atoms with Gasteiger partial charge in [-0.05, 0) is 25.7 Å². The third kappa shape index (κ3) is 66.4. The molecule has 2 unspecified atom stereocenters. The molecule has 0 saturated carbocycles. The van der Waals surface area contributed by atoms with E-state index in [2.05, 4.69) is 27.7 Å². The molecule has 0 aromatic rings. The van der Waals surface area contributed by atoms with Gasteiger partial charge in [-0.2, -0.15) is 0 Å². The summed E-state index contributed by atoms with van der Waals surface area (Å²) in [6.07, 6.45) is 51.2. The van der Waals surface area contributed by atoms with Crippen LogP contribution in [0.25, 0.3) is 0 Å².